The maximum atomic E-state index is 3.68. The summed E-state index contributed by atoms with van der Waals surface area (Å²) in [6.07, 6.45) is 1.30. The Hall–Kier alpha value is 0.177. The van der Waals surface area contributed by atoms with Crippen molar-refractivity contribution in [3.05, 3.63) is 0 Å². The topological polar surface area (TPSA) is 12.0 Å². The van der Waals surface area contributed by atoms with Gasteiger partial charge in [-0.3, -0.25) is 0 Å². The molecule has 0 aromatic rings. The van der Waals surface area contributed by atoms with Crippen LogP contribution in [0.3, 0.4) is 0 Å². The van der Waals surface area contributed by atoms with Crippen molar-refractivity contribution >= 4 is 10.4 Å². The van der Waals surface area contributed by atoms with Gasteiger partial charge in [-0.15, -0.1) is 0 Å². The summed E-state index contributed by atoms with van der Waals surface area (Å²) in [7, 11) is 1.10. The summed E-state index contributed by atoms with van der Waals surface area (Å²) in [4.78, 5) is 3.68. The molecule has 0 aliphatic heterocycles. The highest BCUT2D eigenvalue weighted by molar-refractivity contribution is 6.04. The molecule has 0 aromatic carbocycles. The van der Waals surface area contributed by atoms with Crippen LogP contribution in [0, 0.1) is 17.8 Å². The highest BCUT2D eigenvalue weighted by atomic mass is 28.2. The fourth-order valence-corrected chi connectivity index (χ4v) is 3.85. The second kappa shape index (κ2) is 5.16. The normalized spacial score (nSPS) is 13.6. The van der Waals surface area contributed by atoms with Gasteiger partial charge in [0.05, 0.1) is 10.4 Å². The van der Waals surface area contributed by atoms with Gasteiger partial charge < -0.3 is 4.98 Å². The van der Waals surface area contributed by atoms with Gasteiger partial charge in [0.2, 0.25) is 0 Å². The average Bonchev–Trinajstić information content (AvgIpc) is 1.98. The Morgan fingerprint density at radius 1 is 1.00 bits per heavy atom. The zero-order valence-corrected chi connectivity index (χ0v) is 12.4. The number of hydrogen-bond acceptors (Lipinski definition) is 1. The molecule has 0 amide bonds. The summed E-state index contributed by atoms with van der Waals surface area (Å²) in [5.41, 5.74) is 0.375. The van der Waals surface area contributed by atoms with Crippen LogP contribution in [0.1, 0.15) is 48.0 Å². The van der Waals surface area contributed by atoms with Gasteiger partial charge in [-0.25, -0.2) is 0 Å². The lowest BCUT2D eigenvalue weighted by Crippen LogP contribution is -2.53. The minimum atomic E-state index is 0.375. The maximum absolute atomic E-state index is 3.68. The third kappa shape index (κ3) is 3.10. The van der Waals surface area contributed by atoms with Crippen molar-refractivity contribution in [3.8, 4) is 0 Å². The summed E-state index contributed by atoms with van der Waals surface area (Å²) >= 11 is 0. The fourth-order valence-electron chi connectivity index (χ4n) is 2.49. The van der Waals surface area contributed by atoms with Crippen molar-refractivity contribution in [2.75, 3.05) is 0 Å². The van der Waals surface area contributed by atoms with Crippen LogP contribution < -0.4 is 4.98 Å². The van der Waals surface area contributed by atoms with Crippen molar-refractivity contribution in [2.45, 2.75) is 53.5 Å². The van der Waals surface area contributed by atoms with E-state index >= 15 is 0 Å². The van der Waals surface area contributed by atoms with Crippen LogP contribution in [0.15, 0.2) is 0 Å². The van der Waals surface area contributed by atoms with Gasteiger partial charge in [-0.05, 0) is 24.2 Å². The lowest BCUT2D eigenvalue weighted by Gasteiger charge is -2.43. The Balaban J connectivity index is 4.65. The van der Waals surface area contributed by atoms with Crippen molar-refractivity contribution < 1.29 is 0 Å². The molecular formula is C11H27NSi. The summed E-state index contributed by atoms with van der Waals surface area (Å²) in [6, 6.07) is 0. The zero-order valence-electron chi connectivity index (χ0n) is 10.4. The van der Waals surface area contributed by atoms with E-state index in [9.17, 15) is 0 Å². The molecule has 0 atom stereocenters. The van der Waals surface area contributed by atoms with Crippen LogP contribution in [0.5, 0.6) is 0 Å². The molecule has 0 bridgehead atoms. The standard InChI is InChI=1S/C11H27NSi/c1-8(2)7-11(12-13,9(3)4)10(5)6/h8-10,12H,7H2,1-6,13H3. The van der Waals surface area contributed by atoms with E-state index in [0.29, 0.717) is 5.54 Å². The van der Waals surface area contributed by atoms with Crippen LogP contribution in [-0.4, -0.2) is 15.9 Å². The first-order valence-electron chi connectivity index (χ1n) is 5.55. The third-order valence-corrected chi connectivity index (χ3v) is 4.20. The second-order valence-electron chi connectivity index (χ2n) is 5.20. The molecule has 0 aromatic heterocycles. The lowest BCUT2D eigenvalue weighted by molar-refractivity contribution is 0.163. The minimum absolute atomic E-state index is 0.375. The van der Waals surface area contributed by atoms with Crippen LogP contribution in [0.25, 0.3) is 0 Å². The molecule has 1 nitrogen and oxygen atoms in total. The fraction of sp³-hybridized carbons (Fsp3) is 1.00. The van der Waals surface area contributed by atoms with Gasteiger partial charge in [0.25, 0.3) is 0 Å². The van der Waals surface area contributed by atoms with E-state index < -0.39 is 0 Å². The van der Waals surface area contributed by atoms with Gasteiger partial charge in [0.15, 0.2) is 0 Å². The molecule has 80 valence electrons. The molecule has 0 heterocycles. The average molecular weight is 201 g/mol. The summed E-state index contributed by atoms with van der Waals surface area (Å²) in [5.74, 6) is 2.24. The van der Waals surface area contributed by atoms with E-state index in [1.165, 1.54) is 6.42 Å². The van der Waals surface area contributed by atoms with Crippen molar-refractivity contribution in [1.29, 1.82) is 0 Å². The van der Waals surface area contributed by atoms with E-state index in [4.69, 9.17) is 0 Å². The Bertz CT molecular complexity index is 133. The molecule has 0 saturated carbocycles. The molecule has 0 aliphatic rings. The quantitative estimate of drug-likeness (QED) is 0.671. The molecule has 0 saturated heterocycles. The Kier molecular flexibility index (Phi) is 5.23. The molecule has 0 unspecified atom stereocenters. The molecule has 0 spiro atoms. The predicted molar refractivity (Wildman–Crippen MR) is 64.9 cm³/mol. The van der Waals surface area contributed by atoms with Gasteiger partial charge >= 0.3 is 0 Å². The first kappa shape index (κ1) is 13.2. The number of rotatable bonds is 5. The Labute approximate surface area is 87.2 Å². The second-order valence-corrected chi connectivity index (χ2v) is 5.70. The maximum Gasteiger partial charge on any atom is 0.0756 e. The van der Waals surface area contributed by atoms with Crippen molar-refractivity contribution in [2.24, 2.45) is 17.8 Å². The molecule has 2 heteroatoms. The predicted octanol–water partition coefficient (Wildman–Crippen LogP) is 1.95. The van der Waals surface area contributed by atoms with Crippen molar-refractivity contribution in [1.82, 2.24) is 4.98 Å². The molecule has 0 fully saturated rings. The molecule has 1 N–H and O–H groups in total. The van der Waals surface area contributed by atoms with E-state index in [0.717, 1.165) is 28.2 Å². The van der Waals surface area contributed by atoms with Gasteiger partial charge in [0.1, 0.15) is 0 Å². The van der Waals surface area contributed by atoms with Gasteiger partial charge in [0, 0.05) is 5.54 Å². The van der Waals surface area contributed by atoms with Crippen LogP contribution in [-0.2, 0) is 0 Å². The minimum Gasteiger partial charge on any atom is -0.340 e. The Morgan fingerprint density at radius 3 is 1.46 bits per heavy atom. The molecule has 0 radical (unpaired) electrons. The lowest BCUT2D eigenvalue weighted by atomic mass is 9.73. The number of hydrogen-bond donors (Lipinski definition) is 1. The van der Waals surface area contributed by atoms with Crippen molar-refractivity contribution in [3.63, 3.8) is 0 Å². The Morgan fingerprint density at radius 2 is 1.38 bits per heavy atom. The van der Waals surface area contributed by atoms with Gasteiger partial charge in [-0.1, -0.05) is 41.5 Å². The smallest absolute Gasteiger partial charge is 0.0756 e. The largest absolute Gasteiger partial charge is 0.340 e. The summed E-state index contributed by atoms with van der Waals surface area (Å²) < 4.78 is 0. The van der Waals surface area contributed by atoms with Gasteiger partial charge in [-0.2, -0.15) is 0 Å². The SMILES string of the molecule is CC(C)CC(N[SiH3])(C(C)C)C(C)C. The first-order valence-corrected chi connectivity index (χ1v) is 6.55. The highest BCUT2D eigenvalue weighted by Gasteiger charge is 2.35. The molecule has 0 rings (SSSR count). The monoisotopic (exact) mass is 201 g/mol. The van der Waals surface area contributed by atoms with E-state index in [1.807, 2.05) is 0 Å². The third-order valence-electron chi connectivity index (χ3n) is 3.27. The number of nitrogens with one attached hydrogen (secondary N) is 1. The summed E-state index contributed by atoms with van der Waals surface area (Å²) in [6.45, 7) is 14.0. The van der Waals surface area contributed by atoms with E-state index in [2.05, 4.69) is 46.5 Å². The van der Waals surface area contributed by atoms with Crippen LogP contribution >= 0.6 is 0 Å². The molecule has 13 heavy (non-hydrogen) atoms. The first-order chi connectivity index (χ1) is 5.86. The zero-order chi connectivity index (χ0) is 10.6. The van der Waals surface area contributed by atoms with Crippen LogP contribution in [0.2, 0.25) is 0 Å². The van der Waals surface area contributed by atoms with E-state index in [1.54, 1.807) is 0 Å². The summed E-state index contributed by atoms with van der Waals surface area (Å²) in [5, 5.41) is 0. The molecule has 0 aliphatic carbocycles. The highest BCUT2D eigenvalue weighted by Crippen LogP contribution is 2.32. The van der Waals surface area contributed by atoms with E-state index in [-0.39, 0.29) is 0 Å². The van der Waals surface area contributed by atoms with Crippen LogP contribution in [0.4, 0.5) is 0 Å². The molecular weight excluding hydrogens is 174 g/mol.